The molecule has 0 fully saturated rings. The van der Waals surface area contributed by atoms with E-state index in [0.29, 0.717) is 19.7 Å². The standard InChI is InChI=1S/C16H27N3O2/c1-16(2,21-5)12-19-15(17-3)18-10-13-8-6-7-9-14(13)11-20-4/h6-9H,10-12H2,1-5H3,(H2,17,18,19). The predicted octanol–water partition coefficient (Wildman–Crippen LogP) is 1.92. The van der Waals surface area contributed by atoms with Crippen LogP contribution in [0, 0.1) is 0 Å². The van der Waals surface area contributed by atoms with Crippen molar-refractivity contribution in [3.8, 4) is 0 Å². The van der Waals surface area contributed by atoms with Gasteiger partial charge in [0.25, 0.3) is 0 Å². The minimum absolute atomic E-state index is 0.231. The van der Waals surface area contributed by atoms with Crippen LogP contribution in [-0.4, -0.2) is 39.4 Å². The molecule has 1 rings (SSSR count). The van der Waals surface area contributed by atoms with E-state index in [1.165, 1.54) is 11.1 Å². The Morgan fingerprint density at radius 3 is 2.38 bits per heavy atom. The third kappa shape index (κ3) is 6.14. The van der Waals surface area contributed by atoms with Gasteiger partial charge in [-0.15, -0.1) is 0 Å². The zero-order chi connectivity index (χ0) is 15.7. The summed E-state index contributed by atoms with van der Waals surface area (Å²) in [7, 11) is 5.17. The average Bonchev–Trinajstić information content (AvgIpc) is 2.49. The van der Waals surface area contributed by atoms with Gasteiger partial charge in [-0.25, -0.2) is 0 Å². The van der Waals surface area contributed by atoms with Gasteiger partial charge in [0.15, 0.2) is 5.96 Å². The van der Waals surface area contributed by atoms with Gasteiger partial charge >= 0.3 is 0 Å². The highest BCUT2D eigenvalue weighted by molar-refractivity contribution is 5.79. The fourth-order valence-electron chi connectivity index (χ4n) is 1.79. The number of rotatable bonds is 7. The molecule has 0 aromatic heterocycles. The summed E-state index contributed by atoms with van der Waals surface area (Å²) in [6, 6.07) is 8.21. The van der Waals surface area contributed by atoms with Crippen molar-refractivity contribution >= 4 is 5.96 Å². The highest BCUT2D eigenvalue weighted by Gasteiger charge is 2.16. The molecule has 0 radical (unpaired) electrons. The minimum atomic E-state index is -0.231. The first-order valence-electron chi connectivity index (χ1n) is 7.08. The molecular weight excluding hydrogens is 266 g/mol. The molecule has 0 aliphatic carbocycles. The zero-order valence-electron chi connectivity index (χ0n) is 13.7. The molecule has 0 bridgehead atoms. The third-order valence-corrected chi connectivity index (χ3v) is 3.32. The fourth-order valence-corrected chi connectivity index (χ4v) is 1.79. The van der Waals surface area contributed by atoms with E-state index in [1.54, 1.807) is 21.3 Å². The van der Waals surface area contributed by atoms with E-state index in [4.69, 9.17) is 9.47 Å². The minimum Gasteiger partial charge on any atom is -0.380 e. The Hall–Kier alpha value is -1.59. The fraction of sp³-hybridized carbons (Fsp3) is 0.562. The molecule has 5 nitrogen and oxygen atoms in total. The Labute approximate surface area is 127 Å². The Morgan fingerprint density at radius 1 is 1.14 bits per heavy atom. The van der Waals surface area contributed by atoms with Gasteiger partial charge in [0.1, 0.15) is 0 Å². The van der Waals surface area contributed by atoms with Crippen LogP contribution in [-0.2, 0) is 22.6 Å². The number of benzene rings is 1. The van der Waals surface area contributed by atoms with Crippen molar-refractivity contribution in [3.05, 3.63) is 35.4 Å². The summed E-state index contributed by atoms with van der Waals surface area (Å²) in [4.78, 5) is 4.22. The number of ether oxygens (including phenoxy) is 2. The molecule has 0 saturated carbocycles. The summed E-state index contributed by atoms with van der Waals surface area (Å²) in [5.41, 5.74) is 2.15. The molecule has 21 heavy (non-hydrogen) atoms. The molecule has 5 heteroatoms. The Kier molecular flexibility index (Phi) is 7.19. The van der Waals surface area contributed by atoms with E-state index >= 15 is 0 Å². The lowest BCUT2D eigenvalue weighted by Crippen LogP contribution is -2.45. The zero-order valence-corrected chi connectivity index (χ0v) is 13.7. The molecule has 1 aromatic rings. The van der Waals surface area contributed by atoms with Gasteiger partial charge in [0.2, 0.25) is 0 Å². The van der Waals surface area contributed by atoms with Gasteiger partial charge in [0, 0.05) is 34.4 Å². The first-order valence-corrected chi connectivity index (χ1v) is 7.08. The lowest BCUT2D eigenvalue weighted by atomic mass is 10.1. The largest absolute Gasteiger partial charge is 0.380 e. The lowest BCUT2D eigenvalue weighted by molar-refractivity contribution is 0.0268. The maximum absolute atomic E-state index is 5.38. The van der Waals surface area contributed by atoms with Crippen molar-refractivity contribution < 1.29 is 9.47 Å². The van der Waals surface area contributed by atoms with Crippen LogP contribution >= 0.6 is 0 Å². The summed E-state index contributed by atoms with van der Waals surface area (Å²) < 4.78 is 10.6. The second-order valence-electron chi connectivity index (χ2n) is 5.44. The van der Waals surface area contributed by atoms with Crippen molar-refractivity contribution in [3.63, 3.8) is 0 Å². The summed E-state index contributed by atoms with van der Waals surface area (Å²) in [5.74, 6) is 0.757. The van der Waals surface area contributed by atoms with Crippen LogP contribution < -0.4 is 10.6 Å². The molecule has 118 valence electrons. The van der Waals surface area contributed by atoms with E-state index in [-0.39, 0.29) is 5.60 Å². The molecule has 2 N–H and O–H groups in total. The summed E-state index contributed by atoms with van der Waals surface area (Å²) in [6.45, 7) is 6.05. The van der Waals surface area contributed by atoms with Crippen LogP contribution in [0.2, 0.25) is 0 Å². The number of nitrogens with zero attached hydrogens (tertiary/aromatic N) is 1. The quantitative estimate of drug-likeness (QED) is 0.596. The molecule has 0 amide bonds. The molecule has 0 heterocycles. The molecule has 1 aromatic carbocycles. The van der Waals surface area contributed by atoms with Crippen molar-refractivity contribution in [1.82, 2.24) is 10.6 Å². The Balaban J connectivity index is 2.56. The smallest absolute Gasteiger partial charge is 0.191 e. The summed E-state index contributed by atoms with van der Waals surface area (Å²) >= 11 is 0. The molecule has 0 aliphatic heterocycles. The van der Waals surface area contributed by atoms with E-state index < -0.39 is 0 Å². The molecule has 0 aliphatic rings. The van der Waals surface area contributed by atoms with Gasteiger partial charge < -0.3 is 20.1 Å². The molecule has 0 unspecified atom stereocenters. The van der Waals surface area contributed by atoms with E-state index in [2.05, 4.69) is 27.8 Å². The van der Waals surface area contributed by atoms with E-state index in [1.807, 2.05) is 26.0 Å². The van der Waals surface area contributed by atoms with Gasteiger partial charge in [-0.1, -0.05) is 24.3 Å². The SMILES string of the molecule is CN=C(NCc1ccccc1COC)NCC(C)(C)OC. The average molecular weight is 293 g/mol. The summed E-state index contributed by atoms with van der Waals surface area (Å²) in [6.07, 6.45) is 0. The number of methoxy groups -OCH3 is 2. The number of hydrogen-bond acceptors (Lipinski definition) is 3. The topological polar surface area (TPSA) is 54.9 Å². The number of guanidine groups is 1. The molecule has 0 atom stereocenters. The lowest BCUT2D eigenvalue weighted by Gasteiger charge is -2.24. The number of nitrogens with one attached hydrogen (secondary N) is 2. The highest BCUT2D eigenvalue weighted by Crippen LogP contribution is 2.09. The van der Waals surface area contributed by atoms with Crippen LogP contribution in [0.1, 0.15) is 25.0 Å². The van der Waals surface area contributed by atoms with Crippen LogP contribution in [0.25, 0.3) is 0 Å². The number of hydrogen-bond donors (Lipinski definition) is 2. The maximum atomic E-state index is 5.38. The second-order valence-corrected chi connectivity index (χ2v) is 5.44. The van der Waals surface area contributed by atoms with Crippen LogP contribution in [0.5, 0.6) is 0 Å². The molecule has 0 spiro atoms. The van der Waals surface area contributed by atoms with Crippen LogP contribution in [0.3, 0.4) is 0 Å². The first-order chi connectivity index (χ1) is 10.0. The van der Waals surface area contributed by atoms with Crippen LogP contribution in [0.4, 0.5) is 0 Å². The number of aliphatic imine (C=N–C) groups is 1. The monoisotopic (exact) mass is 293 g/mol. The molecular formula is C16H27N3O2. The molecule has 0 saturated heterocycles. The Morgan fingerprint density at radius 2 is 1.81 bits per heavy atom. The second kappa shape index (κ2) is 8.64. The van der Waals surface area contributed by atoms with Crippen molar-refractivity contribution in [2.45, 2.75) is 32.6 Å². The first kappa shape index (κ1) is 17.5. The van der Waals surface area contributed by atoms with Gasteiger partial charge in [0.05, 0.1) is 12.2 Å². The van der Waals surface area contributed by atoms with Gasteiger partial charge in [-0.3, -0.25) is 4.99 Å². The van der Waals surface area contributed by atoms with Gasteiger partial charge in [-0.05, 0) is 25.0 Å². The maximum Gasteiger partial charge on any atom is 0.191 e. The highest BCUT2D eigenvalue weighted by atomic mass is 16.5. The predicted molar refractivity (Wildman–Crippen MR) is 86.4 cm³/mol. The summed E-state index contributed by atoms with van der Waals surface area (Å²) in [5, 5.41) is 6.57. The Bertz CT molecular complexity index is 459. The van der Waals surface area contributed by atoms with E-state index in [0.717, 1.165) is 5.96 Å². The van der Waals surface area contributed by atoms with Crippen LogP contribution in [0.15, 0.2) is 29.3 Å². The van der Waals surface area contributed by atoms with Gasteiger partial charge in [-0.2, -0.15) is 0 Å². The van der Waals surface area contributed by atoms with Crippen molar-refractivity contribution in [2.24, 2.45) is 4.99 Å². The normalized spacial score (nSPS) is 12.3. The third-order valence-electron chi connectivity index (χ3n) is 3.32. The van der Waals surface area contributed by atoms with E-state index in [9.17, 15) is 0 Å². The van der Waals surface area contributed by atoms with Crippen molar-refractivity contribution in [1.29, 1.82) is 0 Å². The van der Waals surface area contributed by atoms with Crippen molar-refractivity contribution in [2.75, 3.05) is 27.8 Å².